The van der Waals surface area contributed by atoms with E-state index in [9.17, 15) is 4.79 Å². The van der Waals surface area contributed by atoms with Crippen molar-refractivity contribution in [3.63, 3.8) is 0 Å². The molecule has 2 rings (SSSR count). The topological polar surface area (TPSA) is 61.5 Å². The molecule has 0 aliphatic carbocycles. The molecule has 0 amide bonds. The predicted molar refractivity (Wildman–Crippen MR) is 83.3 cm³/mol. The Bertz CT molecular complexity index is 669. The number of aryl methyl sites for hydroxylation is 2. The largest absolute Gasteiger partial charge is 0.496 e. The number of nitrogens with two attached hydrogens (primary N) is 1. The van der Waals surface area contributed by atoms with Crippen LogP contribution in [0.4, 0.5) is 5.69 Å². The zero-order valence-electron chi connectivity index (χ0n) is 12.7. The zero-order chi connectivity index (χ0) is 15.6. The van der Waals surface area contributed by atoms with Gasteiger partial charge in [0.05, 0.1) is 19.9 Å². The quantitative estimate of drug-likeness (QED) is 0.692. The SMILES string of the molecule is COc1ccc(C(=O)c2cc(C)c(OC)c(C)c2)cc1N. The van der Waals surface area contributed by atoms with Crippen LogP contribution < -0.4 is 15.2 Å². The average molecular weight is 285 g/mol. The second-order valence-electron chi connectivity index (χ2n) is 4.93. The number of benzene rings is 2. The Kier molecular flexibility index (Phi) is 4.17. The van der Waals surface area contributed by atoms with E-state index in [1.165, 1.54) is 0 Å². The fourth-order valence-electron chi connectivity index (χ4n) is 2.45. The Hall–Kier alpha value is -2.49. The van der Waals surface area contributed by atoms with E-state index < -0.39 is 0 Å². The molecule has 2 aromatic rings. The van der Waals surface area contributed by atoms with Crippen molar-refractivity contribution >= 4 is 11.5 Å². The summed E-state index contributed by atoms with van der Waals surface area (Å²) in [4.78, 5) is 12.6. The molecule has 4 nitrogen and oxygen atoms in total. The van der Waals surface area contributed by atoms with E-state index in [1.807, 2.05) is 26.0 Å². The lowest BCUT2D eigenvalue weighted by Crippen LogP contribution is -2.05. The molecule has 4 heteroatoms. The normalized spacial score (nSPS) is 10.3. The molecular weight excluding hydrogens is 266 g/mol. The van der Waals surface area contributed by atoms with Crippen LogP contribution in [-0.2, 0) is 0 Å². The summed E-state index contributed by atoms with van der Waals surface area (Å²) in [6.45, 7) is 3.84. The summed E-state index contributed by atoms with van der Waals surface area (Å²) in [5.74, 6) is 1.30. The Morgan fingerprint density at radius 2 is 1.57 bits per heavy atom. The van der Waals surface area contributed by atoms with Crippen molar-refractivity contribution in [3.05, 3.63) is 52.6 Å². The van der Waals surface area contributed by atoms with Crippen LogP contribution in [0.15, 0.2) is 30.3 Å². The van der Waals surface area contributed by atoms with Crippen LogP contribution in [0, 0.1) is 13.8 Å². The van der Waals surface area contributed by atoms with Crippen molar-refractivity contribution in [2.24, 2.45) is 0 Å². The number of hydrogen-bond donors (Lipinski definition) is 1. The van der Waals surface area contributed by atoms with E-state index in [-0.39, 0.29) is 5.78 Å². The van der Waals surface area contributed by atoms with Crippen molar-refractivity contribution in [2.75, 3.05) is 20.0 Å². The molecule has 110 valence electrons. The van der Waals surface area contributed by atoms with E-state index in [4.69, 9.17) is 15.2 Å². The maximum Gasteiger partial charge on any atom is 0.193 e. The molecule has 21 heavy (non-hydrogen) atoms. The van der Waals surface area contributed by atoms with Crippen LogP contribution in [0.25, 0.3) is 0 Å². The Morgan fingerprint density at radius 3 is 2.05 bits per heavy atom. The van der Waals surface area contributed by atoms with Crippen LogP contribution in [0.5, 0.6) is 11.5 Å². The van der Waals surface area contributed by atoms with Crippen molar-refractivity contribution in [1.82, 2.24) is 0 Å². The summed E-state index contributed by atoms with van der Waals surface area (Å²) < 4.78 is 10.4. The molecule has 0 aliphatic rings. The number of rotatable bonds is 4. The highest BCUT2D eigenvalue weighted by Gasteiger charge is 2.14. The molecule has 0 unspecified atom stereocenters. The van der Waals surface area contributed by atoms with Crippen LogP contribution in [-0.4, -0.2) is 20.0 Å². The van der Waals surface area contributed by atoms with E-state index >= 15 is 0 Å². The first-order chi connectivity index (χ1) is 9.97. The summed E-state index contributed by atoms with van der Waals surface area (Å²) in [6, 6.07) is 8.71. The number of carbonyl (C=O) groups excluding carboxylic acids is 1. The minimum Gasteiger partial charge on any atom is -0.496 e. The van der Waals surface area contributed by atoms with E-state index in [0.717, 1.165) is 16.9 Å². The number of ether oxygens (including phenoxy) is 2. The summed E-state index contributed by atoms with van der Waals surface area (Å²) in [5.41, 5.74) is 9.33. The predicted octanol–water partition coefficient (Wildman–Crippen LogP) is 3.13. The number of nitrogen functional groups attached to an aromatic ring is 1. The van der Waals surface area contributed by atoms with Gasteiger partial charge >= 0.3 is 0 Å². The molecule has 0 atom stereocenters. The van der Waals surface area contributed by atoms with Gasteiger partial charge in [-0.2, -0.15) is 0 Å². The van der Waals surface area contributed by atoms with E-state index in [1.54, 1.807) is 32.4 Å². The van der Waals surface area contributed by atoms with Crippen molar-refractivity contribution in [1.29, 1.82) is 0 Å². The molecule has 0 saturated heterocycles. The lowest BCUT2D eigenvalue weighted by Gasteiger charge is -2.11. The third-order valence-corrected chi connectivity index (χ3v) is 3.42. The number of anilines is 1. The van der Waals surface area contributed by atoms with Gasteiger partial charge < -0.3 is 15.2 Å². The average Bonchev–Trinajstić information content (AvgIpc) is 2.46. The highest BCUT2D eigenvalue weighted by Crippen LogP contribution is 2.27. The van der Waals surface area contributed by atoms with Crippen LogP contribution >= 0.6 is 0 Å². The van der Waals surface area contributed by atoms with Crippen molar-refractivity contribution in [2.45, 2.75) is 13.8 Å². The summed E-state index contributed by atoms with van der Waals surface area (Å²) in [5, 5.41) is 0. The first kappa shape index (κ1) is 14.9. The molecule has 2 aromatic carbocycles. The third-order valence-electron chi connectivity index (χ3n) is 3.42. The maximum absolute atomic E-state index is 12.6. The second-order valence-corrected chi connectivity index (χ2v) is 4.93. The molecule has 0 heterocycles. The lowest BCUT2D eigenvalue weighted by molar-refractivity contribution is 0.103. The minimum absolute atomic E-state index is 0.0711. The van der Waals surface area contributed by atoms with Crippen LogP contribution in [0.1, 0.15) is 27.0 Å². The van der Waals surface area contributed by atoms with Crippen molar-refractivity contribution in [3.8, 4) is 11.5 Å². The molecule has 0 spiro atoms. The smallest absolute Gasteiger partial charge is 0.193 e. The van der Waals surface area contributed by atoms with Crippen LogP contribution in [0.3, 0.4) is 0 Å². The van der Waals surface area contributed by atoms with Gasteiger partial charge in [-0.1, -0.05) is 0 Å². The molecule has 0 aliphatic heterocycles. The fraction of sp³-hybridized carbons (Fsp3) is 0.235. The third kappa shape index (κ3) is 2.84. The van der Waals surface area contributed by atoms with Gasteiger partial charge in [0.2, 0.25) is 0 Å². The van der Waals surface area contributed by atoms with E-state index in [0.29, 0.717) is 22.6 Å². The molecule has 0 saturated carbocycles. The Labute approximate surface area is 124 Å². The monoisotopic (exact) mass is 285 g/mol. The molecule has 0 aromatic heterocycles. The standard InChI is InChI=1S/C17H19NO3/c1-10-7-13(8-11(2)17(10)21-4)16(19)12-5-6-15(20-3)14(18)9-12/h5-9H,18H2,1-4H3. The molecule has 0 radical (unpaired) electrons. The van der Waals surface area contributed by atoms with Gasteiger partial charge in [0.1, 0.15) is 11.5 Å². The maximum atomic E-state index is 12.6. The van der Waals surface area contributed by atoms with Crippen molar-refractivity contribution < 1.29 is 14.3 Å². The first-order valence-corrected chi connectivity index (χ1v) is 6.61. The summed E-state index contributed by atoms with van der Waals surface area (Å²) >= 11 is 0. The lowest BCUT2D eigenvalue weighted by atomic mass is 9.98. The summed E-state index contributed by atoms with van der Waals surface area (Å²) in [6.07, 6.45) is 0. The zero-order valence-corrected chi connectivity index (χ0v) is 12.7. The van der Waals surface area contributed by atoms with Gasteiger partial charge in [-0.05, 0) is 55.3 Å². The number of methoxy groups -OCH3 is 2. The van der Waals surface area contributed by atoms with Gasteiger partial charge in [0, 0.05) is 11.1 Å². The minimum atomic E-state index is -0.0711. The molecular formula is C17H19NO3. The first-order valence-electron chi connectivity index (χ1n) is 6.61. The van der Waals surface area contributed by atoms with Gasteiger partial charge in [0.25, 0.3) is 0 Å². The fourth-order valence-corrected chi connectivity index (χ4v) is 2.45. The Balaban J connectivity index is 2.43. The van der Waals surface area contributed by atoms with Gasteiger partial charge in [-0.15, -0.1) is 0 Å². The Morgan fingerprint density at radius 1 is 0.952 bits per heavy atom. The number of carbonyl (C=O) groups is 1. The van der Waals surface area contributed by atoms with Gasteiger partial charge in [-0.3, -0.25) is 4.79 Å². The second kappa shape index (κ2) is 5.87. The molecule has 0 bridgehead atoms. The van der Waals surface area contributed by atoms with Gasteiger partial charge in [0.15, 0.2) is 5.78 Å². The number of hydrogen-bond acceptors (Lipinski definition) is 4. The molecule has 0 fully saturated rings. The number of ketones is 1. The highest BCUT2D eigenvalue weighted by molar-refractivity contribution is 6.09. The molecule has 2 N–H and O–H groups in total. The summed E-state index contributed by atoms with van der Waals surface area (Å²) in [7, 11) is 3.17. The van der Waals surface area contributed by atoms with E-state index in [2.05, 4.69) is 0 Å². The van der Waals surface area contributed by atoms with Crippen LogP contribution in [0.2, 0.25) is 0 Å². The van der Waals surface area contributed by atoms with Gasteiger partial charge in [-0.25, -0.2) is 0 Å². The highest BCUT2D eigenvalue weighted by atomic mass is 16.5.